The molecule has 9 heteroatoms. The van der Waals surface area contributed by atoms with Crippen molar-refractivity contribution < 1.29 is 4.79 Å². The lowest BCUT2D eigenvalue weighted by Crippen LogP contribution is -2.15. The number of thioether (sulfide) groups is 1. The Morgan fingerprint density at radius 1 is 1.41 bits per heavy atom. The molecule has 0 atom stereocenters. The Hall–Kier alpha value is -1.74. The summed E-state index contributed by atoms with van der Waals surface area (Å²) < 4.78 is 0. The first kappa shape index (κ1) is 16.6. The molecule has 0 saturated carbocycles. The summed E-state index contributed by atoms with van der Waals surface area (Å²) in [6.45, 7) is 3.99. The van der Waals surface area contributed by atoms with Crippen LogP contribution in [0.4, 0.5) is 5.13 Å². The highest BCUT2D eigenvalue weighted by molar-refractivity contribution is 7.99. The van der Waals surface area contributed by atoms with E-state index in [9.17, 15) is 9.59 Å². The Labute approximate surface area is 136 Å². The van der Waals surface area contributed by atoms with Gasteiger partial charge in [0.05, 0.1) is 5.75 Å². The number of nitrogens with zero attached hydrogens (tertiary/aromatic N) is 3. The summed E-state index contributed by atoms with van der Waals surface area (Å²) >= 11 is 2.57. The second-order valence-corrected chi connectivity index (χ2v) is 6.51. The van der Waals surface area contributed by atoms with Gasteiger partial charge in [0.25, 0.3) is 5.56 Å². The van der Waals surface area contributed by atoms with Gasteiger partial charge >= 0.3 is 0 Å². The second kappa shape index (κ2) is 8.04. The zero-order valence-electron chi connectivity index (χ0n) is 12.4. The van der Waals surface area contributed by atoms with Crippen molar-refractivity contribution in [2.75, 3.05) is 11.1 Å². The summed E-state index contributed by atoms with van der Waals surface area (Å²) in [6, 6.07) is 1.46. The maximum absolute atomic E-state index is 11.9. The van der Waals surface area contributed by atoms with Gasteiger partial charge in [-0.15, -0.1) is 10.2 Å². The number of H-pyrrole nitrogens is 1. The van der Waals surface area contributed by atoms with E-state index in [0.29, 0.717) is 22.4 Å². The predicted octanol–water partition coefficient (Wildman–Crippen LogP) is 1.87. The van der Waals surface area contributed by atoms with Gasteiger partial charge in [-0.2, -0.15) is 0 Å². The van der Waals surface area contributed by atoms with Crippen LogP contribution in [0.25, 0.3) is 0 Å². The molecule has 1 amide bonds. The summed E-state index contributed by atoms with van der Waals surface area (Å²) in [5, 5.41) is 12.5. The maximum Gasteiger partial charge on any atom is 0.251 e. The van der Waals surface area contributed by atoms with E-state index in [1.165, 1.54) is 29.2 Å². The number of anilines is 1. The van der Waals surface area contributed by atoms with Crippen LogP contribution in [-0.2, 0) is 17.6 Å². The molecule has 0 aliphatic heterocycles. The lowest BCUT2D eigenvalue weighted by atomic mass is 10.3. The molecule has 0 unspecified atom stereocenters. The van der Waals surface area contributed by atoms with Crippen molar-refractivity contribution in [3.63, 3.8) is 0 Å². The summed E-state index contributed by atoms with van der Waals surface area (Å²) in [4.78, 5) is 30.2. The summed E-state index contributed by atoms with van der Waals surface area (Å²) in [6.07, 6.45) is 2.52. The van der Waals surface area contributed by atoms with Crippen LogP contribution in [0, 0.1) is 0 Å². The van der Waals surface area contributed by atoms with Gasteiger partial charge in [-0.1, -0.05) is 36.9 Å². The highest BCUT2D eigenvalue weighted by atomic mass is 32.2. The van der Waals surface area contributed by atoms with Gasteiger partial charge in [-0.05, 0) is 12.8 Å². The van der Waals surface area contributed by atoms with E-state index in [2.05, 4.69) is 32.4 Å². The van der Waals surface area contributed by atoms with Gasteiger partial charge in [-0.3, -0.25) is 14.9 Å². The normalized spacial score (nSPS) is 10.6. The summed E-state index contributed by atoms with van der Waals surface area (Å²) in [5.74, 6) is -0.0486. The number of amides is 1. The lowest BCUT2D eigenvalue weighted by molar-refractivity contribution is -0.113. The van der Waals surface area contributed by atoms with Crippen molar-refractivity contribution in [2.45, 2.75) is 38.3 Å². The Bertz CT molecular complexity index is 698. The van der Waals surface area contributed by atoms with Crippen LogP contribution in [0.1, 0.15) is 31.0 Å². The average molecular weight is 339 g/mol. The van der Waals surface area contributed by atoms with Gasteiger partial charge in [0.15, 0.2) is 5.16 Å². The van der Waals surface area contributed by atoms with Crippen LogP contribution in [0.5, 0.6) is 0 Å². The fourth-order valence-corrected chi connectivity index (χ4v) is 3.19. The average Bonchev–Trinajstić information content (AvgIpc) is 2.92. The third kappa shape index (κ3) is 4.92. The fraction of sp³-hybridized carbons (Fsp3) is 0.462. The molecule has 0 bridgehead atoms. The standard InChI is InChI=1S/C13H17N5O2S2/c1-3-5-11-17-18-13(22-11)16-10(20)7-21-12-14-8(4-2)6-9(19)15-12/h6H,3-5,7H2,1-2H3,(H,14,15,19)(H,16,18,20). The number of carbonyl (C=O) groups is 1. The molecule has 2 N–H and O–H groups in total. The molecule has 0 fully saturated rings. The van der Waals surface area contributed by atoms with E-state index >= 15 is 0 Å². The number of hydrogen-bond donors (Lipinski definition) is 2. The highest BCUT2D eigenvalue weighted by Crippen LogP contribution is 2.17. The van der Waals surface area contributed by atoms with Crippen LogP contribution < -0.4 is 10.9 Å². The molecule has 0 spiro atoms. The molecule has 0 aliphatic carbocycles. The first-order valence-corrected chi connectivity index (χ1v) is 8.76. The van der Waals surface area contributed by atoms with Crippen LogP contribution in [-0.4, -0.2) is 31.8 Å². The topological polar surface area (TPSA) is 101 Å². The smallest absolute Gasteiger partial charge is 0.251 e. The first-order chi connectivity index (χ1) is 10.6. The molecule has 2 heterocycles. The molecule has 0 saturated heterocycles. The van der Waals surface area contributed by atoms with Crippen LogP contribution in [0.15, 0.2) is 16.0 Å². The molecule has 7 nitrogen and oxygen atoms in total. The van der Waals surface area contributed by atoms with E-state index in [-0.39, 0.29) is 17.2 Å². The molecular formula is C13H17N5O2S2. The molecule has 0 radical (unpaired) electrons. The highest BCUT2D eigenvalue weighted by Gasteiger charge is 2.09. The molecule has 2 aromatic heterocycles. The molecule has 2 aromatic rings. The predicted molar refractivity (Wildman–Crippen MR) is 87.5 cm³/mol. The van der Waals surface area contributed by atoms with Gasteiger partial charge in [-0.25, -0.2) is 4.98 Å². The lowest BCUT2D eigenvalue weighted by Gasteiger charge is -2.02. The molecule has 2 rings (SSSR count). The Balaban J connectivity index is 1.89. The maximum atomic E-state index is 11.9. The quantitative estimate of drug-likeness (QED) is 0.590. The van der Waals surface area contributed by atoms with Gasteiger partial charge in [0, 0.05) is 18.2 Å². The van der Waals surface area contributed by atoms with Crippen LogP contribution >= 0.6 is 23.1 Å². The number of nitrogens with one attached hydrogen (secondary N) is 2. The van der Waals surface area contributed by atoms with E-state index in [1.807, 2.05) is 6.92 Å². The number of hydrogen-bond acceptors (Lipinski definition) is 7. The van der Waals surface area contributed by atoms with Gasteiger partial charge < -0.3 is 4.98 Å². The minimum absolute atomic E-state index is 0.152. The summed E-state index contributed by atoms with van der Waals surface area (Å²) in [5.41, 5.74) is 0.503. The van der Waals surface area contributed by atoms with Crippen molar-refractivity contribution in [2.24, 2.45) is 0 Å². The molecule has 0 aromatic carbocycles. The largest absolute Gasteiger partial charge is 0.301 e. The molecular weight excluding hydrogens is 322 g/mol. The molecule has 22 heavy (non-hydrogen) atoms. The van der Waals surface area contributed by atoms with E-state index in [4.69, 9.17) is 0 Å². The van der Waals surface area contributed by atoms with E-state index in [1.54, 1.807) is 0 Å². The van der Waals surface area contributed by atoms with E-state index < -0.39 is 0 Å². The fourth-order valence-electron chi connectivity index (χ4n) is 1.64. The minimum atomic E-state index is -0.205. The first-order valence-electron chi connectivity index (χ1n) is 6.96. The number of aromatic amines is 1. The summed E-state index contributed by atoms with van der Waals surface area (Å²) in [7, 11) is 0. The SMILES string of the molecule is CCCc1nnc(NC(=O)CSc2nc(CC)cc(=O)[nH]2)s1. The van der Waals surface area contributed by atoms with Crippen molar-refractivity contribution in [3.05, 3.63) is 27.1 Å². The number of rotatable bonds is 7. The monoisotopic (exact) mass is 339 g/mol. The zero-order chi connectivity index (χ0) is 15.9. The van der Waals surface area contributed by atoms with Gasteiger partial charge in [0.2, 0.25) is 11.0 Å². The zero-order valence-corrected chi connectivity index (χ0v) is 14.0. The van der Waals surface area contributed by atoms with E-state index in [0.717, 1.165) is 17.8 Å². The minimum Gasteiger partial charge on any atom is -0.301 e. The Morgan fingerprint density at radius 3 is 2.95 bits per heavy atom. The second-order valence-electron chi connectivity index (χ2n) is 4.48. The van der Waals surface area contributed by atoms with Crippen molar-refractivity contribution >= 4 is 34.1 Å². The molecule has 118 valence electrons. The molecule has 0 aliphatic rings. The third-order valence-corrected chi connectivity index (χ3v) is 4.42. The number of carbonyl (C=O) groups excluding carboxylic acids is 1. The third-order valence-electron chi connectivity index (χ3n) is 2.65. The van der Waals surface area contributed by atoms with Crippen LogP contribution in [0.2, 0.25) is 0 Å². The van der Waals surface area contributed by atoms with Gasteiger partial charge in [0.1, 0.15) is 5.01 Å². The number of aromatic nitrogens is 4. The van der Waals surface area contributed by atoms with Crippen molar-refractivity contribution in [3.8, 4) is 0 Å². The van der Waals surface area contributed by atoms with Crippen LogP contribution in [0.3, 0.4) is 0 Å². The van der Waals surface area contributed by atoms with Crippen molar-refractivity contribution in [1.82, 2.24) is 20.2 Å². The van der Waals surface area contributed by atoms with Crippen molar-refractivity contribution in [1.29, 1.82) is 0 Å². The Kier molecular flexibility index (Phi) is 6.08. The number of aryl methyl sites for hydroxylation is 2. The Morgan fingerprint density at radius 2 is 2.23 bits per heavy atom.